The molecule has 0 spiro atoms. The molecule has 1 fully saturated rings. The second kappa shape index (κ2) is 8.50. The molecule has 1 heterocycles. The van der Waals surface area contributed by atoms with Crippen molar-refractivity contribution in [3.05, 3.63) is 60.2 Å². The van der Waals surface area contributed by atoms with Gasteiger partial charge in [-0.3, -0.25) is 4.79 Å². The summed E-state index contributed by atoms with van der Waals surface area (Å²) in [7, 11) is 0. The molecule has 0 radical (unpaired) electrons. The van der Waals surface area contributed by atoms with Crippen LogP contribution in [0.1, 0.15) is 18.4 Å². The maximum Gasteiger partial charge on any atom is 0.279 e. The van der Waals surface area contributed by atoms with E-state index < -0.39 is 0 Å². The van der Waals surface area contributed by atoms with Crippen molar-refractivity contribution in [3.63, 3.8) is 0 Å². The van der Waals surface area contributed by atoms with Gasteiger partial charge in [0.05, 0.1) is 6.54 Å². The second-order valence-corrected chi connectivity index (χ2v) is 6.31. The lowest BCUT2D eigenvalue weighted by Crippen LogP contribution is -2.86. The highest BCUT2D eigenvalue weighted by atomic mass is 16.1. The Balaban J connectivity index is 1.38. The van der Waals surface area contributed by atoms with Crippen molar-refractivity contribution >= 4 is 17.3 Å². The highest BCUT2D eigenvalue weighted by Gasteiger charge is 2.12. The van der Waals surface area contributed by atoms with E-state index in [1.54, 1.807) is 0 Å². The van der Waals surface area contributed by atoms with Gasteiger partial charge in [0.15, 0.2) is 6.54 Å². The van der Waals surface area contributed by atoms with Crippen molar-refractivity contribution in [3.8, 4) is 0 Å². The van der Waals surface area contributed by atoms with E-state index in [9.17, 15) is 4.79 Å². The van der Waals surface area contributed by atoms with Crippen molar-refractivity contribution in [1.29, 1.82) is 0 Å². The van der Waals surface area contributed by atoms with Gasteiger partial charge >= 0.3 is 0 Å². The minimum atomic E-state index is 0.0528. The molecular formula is C20H26N3O+. The number of rotatable bonds is 7. The molecule has 0 saturated carbocycles. The fraction of sp³-hybridized carbons (Fsp3) is 0.350. The molecule has 2 aromatic rings. The largest absolute Gasteiger partial charge is 0.372 e. The zero-order valence-electron chi connectivity index (χ0n) is 14.1. The average Bonchev–Trinajstić information content (AvgIpc) is 3.15. The zero-order chi connectivity index (χ0) is 16.6. The quantitative estimate of drug-likeness (QED) is 0.766. The number of amides is 1. The molecule has 2 aromatic carbocycles. The highest BCUT2D eigenvalue weighted by molar-refractivity contribution is 5.91. The average molecular weight is 324 g/mol. The standard InChI is InChI=1S/C20H25N3O/c24-20(16-21-13-12-17-6-2-1-3-7-17)22-18-8-10-19(11-9-18)23-14-4-5-15-23/h1-3,6-11,21H,4-5,12-16H2,(H,22,24)/p+1. The summed E-state index contributed by atoms with van der Waals surface area (Å²) < 4.78 is 0. The van der Waals surface area contributed by atoms with Gasteiger partial charge < -0.3 is 15.5 Å². The van der Waals surface area contributed by atoms with Crippen molar-refractivity contribution < 1.29 is 10.1 Å². The summed E-state index contributed by atoms with van der Waals surface area (Å²) in [6.07, 6.45) is 3.53. The van der Waals surface area contributed by atoms with Gasteiger partial charge in [-0.05, 0) is 42.7 Å². The van der Waals surface area contributed by atoms with Gasteiger partial charge in [-0.15, -0.1) is 0 Å². The van der Waals surface area contributed by atoms with E-state index in [1.807, 2.05) is 30.3 Å². The summed E-state index contributed by atoms with van der Waals surface area (Å²) >= 11 is 0. The number of benzene rings is 2. The third kappa shape index (κ3) is 4.83. The van der Waals surface area contributed by atoms with E-state index in [1.165, 1.54) is 24.1 Å². The maximum absolute atomic E-state index is 12.0. The third-order valence-corrected chi connectivity index (χ3v) is 4.43. The number of hydrogen-bond acceptors (Lipinski definition) is 2. The second-order valence-electron chi connectivity index (χ2n) is 6.31. The first-order valence-electron chi connectivity index (χ1n) is 8.82. The van der Waals surface area contributed by atoms with Crippen LogP contribution in [0.3, 0.4) is 0 Å². The van der Waals surface area contributed by atoms with Gasteiger partial charge in [-0.25, -0.2) is 0 Å². The van der Waals surface area contributed by atoms with Crippen LogP contribution in [0, 0.1) is 0 Å². The Labute approximate surface area is 143 Å². The Morgan fingerprint density at radius 3 is 2.42 bits per heavy atom. The topological polar surface area (TPSA) is 49.0 Å². The number of nitrogens with one attached hydrogen (secondary N) is 1. The highest BCUT2D eigenvalue weighted by Crippen LogP contribution is 2.21. The summed E-state index contributed by atoms with van der Waals surface area (Å²) in [5.74, 6) is 0.0528. The molecule has 0 aromatic heterocycles. The van der Waals surface area contributed by atoms with Crippen molar-refractivity contribution in [1.82, 2.24) is 0 Å². The van der Waals surface area contributed by atoms with Crippen LogP contribution in [0.2, 0.25) is 0 Å². The molecule has 1 aliphatic rings. The molecule has 126 valence electrons. The molecular weight excluding hydrogens is 298 g/mol. The fourth-order valence-corrected chi connectivity index (χ4v) is 3.09. The van der Waals surface area contributed by atoms with Crippen LogP contribution in [0.5, 0.6) is 0 Å². The van der Waals surface area contributed by atoms with Gasteiger partial charge in [-0.2, -0.15) is 0 Å². The van der Waals surface area contributed by atoms with Gasteiger partial charge in [-0.1, -0.05) is 30.3 Å². The molecule has 0 bridgehead atoms. The summed E-state index contributed by atoms with van der Waals surface area (Å²) in [5.41, 5.74) is 3.44. The van der Waals surface area contributed by atoms with E-state index >= 15 is 0 Å². The van der Waals surface area contributed by atoms with E-state index in [-0.39, 0.29) is 5.91 Å². The van der Waals surface area contributed by atoms with Crippen LogP contribution < -0.4 is 15.5 Å². The Morgan fingerprint density at radius 2 is 1.71 bits per heavy atom. The monoisotopic (exact) mass is 324 g/mol. The molecule has 0 unspecified atom stereocenters. The molecule has 1 amide bonds. The normalized spacial score (nSPS) is 13.9. The molecule has 4 heteroatoms. The van der Waals surface area contributed by atoms with Crippen LogP contribution in [0.25, 0.3) is 0 Å². The van der Waals surface area contributed by atoms with Crippen molar-refractivity contribution in [2.24, 2.45) is 0 Å². The Kier molecular flexibility index (Phi) is 5.85. The molecule has 1 aliphatic heterocycles. The van der Waals surface area contributed by atoms with Crippen LogP contribution >= 0.6 is 0 Å². The van der Waals surface area contributed by atoms with Crippen LogP contribution in [-0.2, 0) is 11.2 Å². The number of hydrogen-bond donors (Lipinski definition) is 2. The van der Waals surface area contributed by atoms with Crippen LogP contribution in [-0.4, -0.2) is 32.1 Å². The number of nitrogens with zero attached hydrogens (tertiary/aromatic N) is 1. The first kappa shape index (κ1) is 16.5. The van der Waals surface area contributed by atoms with E-state index in [4.69, 9.17) is 0 Å². The van der Waals surface area contributed by atoms with Crippen molar-refractivity contribution in [2.45, 2.75) is 19.3 Å². The molecule has 1 saturated heterocycles. The molecule has 24 heavy (non-hydrogen) atoms. The van der Waals surface area contributed by atoms with Gasteiger partial charge in [0.1, 0.15) is 0 Å². The SMILES string of the molecule is O=C(C[NH2+]CCc1ccccc1)Nc1ccc(N2CCCC2)cc1. The summed E-state index contributed by atoms with van der Waals surface area (Å²) in [4.78, 5) is 14.4. The van der Waals surface area contributed by atoms with Gasteiger partial charge in [0.25, 0.3) is 5.91 Å². The minimum Gasteiger partial charge on any atom is -0.372 e. The summed E-state index contributed by atoms with van der Waals surface area (Å²) in [6, 6.07) is 18.5. The van der Waals surface area contributed by atoms with E-state index in [2.05, 4.69) is 39.8 Å². The first-order valence-corrected chi connectivity index (χ1v) is 8.82. The van der Waals surface area contributed by atoms with Crippen LogP contribution in [0.15, 0.2) is 54.6 Å². The molecule has 3 N–H and O–H groups in total. The Bertz CT molecular complexity index is 634. The lowest BCUT2D eigenvalue weighted by atomic mass is 10.1. The first-order chi connectivity index (χ1) is 11.8. The van der Waals surface area contributed by atoms with Crippen LogP contribution in [0.4, 0.5) is 11.4 Å². The van der Waals surface area contributed by atoms with E-state index in [0.29, 0.717) is 6.54 Å². The molecule has 4 nitrogen and oxygen atoms in total. The predicted octanol–water partition coefficient (Wildman–Crippen LogP) is 2.03. The third-order valence-electron chi connectivity index (χ3n) is 4.43. The lowest BCUT2D eigenvalue weighted by molar-refractivity contribution is -0.643. The summed E-state index contributed by atoms with van der Waals surface area (Å²) in [5, 5.41) is 5.03. The Morgan fingerprint density at radius 1 is 1.00 bits per heavy atom. The summed E-state index contributed by atoms with van der Waals surface area (Å²) in [6.45, 7) is 3.66. The zero-order valence-corrected chi connectivity index (χ0v) is 14.1. The number of nitrogens with two attached hydrogens (primary N) is 1. The number of quaternary nitrogens is 1. The van der Waals surface area contributed by atoms with Gasteiger partial charge in [0.2, 0.25) is 0 Å². The fourth-order valence-electron chi connectivity index (χ4n) is 3.09. The van der Waals surface area contributed by atoms with Crippen molar-refractivity contribution in [2.75, 3.05) is 36.4 Å². The molecule has 0 aliphatic carbocycles. The van der Waals surface area contributed by atoms with Gasteiger partial charge in [0, 0.05) is 30.9 Å². The number of anilines is 2. The molecule has 0 atom stereocenters. The Hall–Kier alpha value is -2.33. The maximum atomic E-state index is 12.0. The number of carbonyl (C=O) groups is 1. The number of carbonyl (C=O) groups excluding carboxylic acids is 1. The smallest absolute Gasteiger partial charge is 0.279 e. The predicted molar refractivity (Wildman–Crippen MR) is 98.3 cm³/mol. The lowest BCUT2D eigenvalue weighted by Gasteiger charge is -2.17. The van der Waals surface area contributed by atoms with E-state index in [0.717, 1.165) is 31.7 Å². The minimum absolute atomic E-state index is 0.0528. The molecule has 3 rings (SSSR count).